The van der Waals surface area contributed by atoms with Gasteiger partial charge in [-0.05, 0) is 37.8 Å². The Balaban J connectivity index is 2.28. The Bertz CT molecular complexity index is 1000. The highest BCUT2D eigenvalue weighted by Gasteiger charge is 2.36. The predicted octanol–water partition coefficient (Wildman–Crippen LogP) is 4.19. The highest BCUT2D eigenvalue weighted by atomic mass is 35.5. The molecule has 2 heterocycles. The van der Waals surface area contributed by atoms with Crippen molar-refractivity contribution in [3.63, 3.8) is 0 Å². The van der Waals surface area contributed by atoms with E-state index in [9.17, 15) is 9.59 Å². The Hall–Kier alpha value is -1.96. The molecule has 0 bridgehead atoms. The number of carbonyl (C=O) groups is 1. The molecule has 0 spiro atoms. The quantitative estimate of drug-likeness (QED) is 0.433. The molecular weight excluding hydrogens is 409 g/mol. The van der Waals surface area contributed by atoms with E-state index in [1.165, 1.54) is 11.8 Å². The van der Waals surface area contributed by atoms with Gasteiger partial charge in [0.25, 0.3) is 5.56 Å². The summed E-state index contributed by atoms with van der Waals surface area (Å²) >= 11 is 13.5. The van der Waals surface area contributed by atoms with E-state index in [1.807, 2.05) is 6.26 Å². The minimum atomic E-state index is -0.678. The maximum atomic E-state index is 12.8. The summed E-state index contributed by atoms with van der Waals surface area (Å²) < 4.78 is 5.22. The van der Waals surface area contributed by atoms with Gasteiger partial charge in [-0.3, -0.25) is 4.79 Å². The summed E-state index contributed by atoms with van der Waals surface area (Å²) in [5.74, 6) is -0.774. The monoisotopic (exact) mass is 425 g/mol. The molecule has 0 saturated carbocycles. The lowest BCUT2D eigenvalue weighted by Crippen LogP contribution is -2.31. The highest BCUT2D eigenvalue weighted by Crippen LogP contribution is 2.41. The Morgan fingerprint density at radius 3 is 2.70 bits per heavy atom. The van der Waals surface area contributed by atoms with Crippen LogP contribution >= 0.6 is 35.0 Å². The van der Waals surface area contributed by atoms with Crippen LogP contribution in [0.4, 0.5) is 5.82 Å². The molecule has 1 aliphatic heterocycles. The topological polar surface area (TPSA) is 84.1 Å². The maximum Gasteiger partial charge on any atom is 0.336 e. The van der Waals surface area contributed by atoms with Crippen molar-refractivity contribution in [2.75, 3.05) is 18.2 Å². The first kappa shape index (κ1) is 19.8. The molecule has 0 unspecified atom stereocenters. The molecule has 27 heavy (non-hydrogen) atoms. The molecule has 1 aromatic heterocycles. The minimum absolute atomic E-state index is 0.219. The van der Waals surface area contributed by atoms with Gasteiger partial charge in [0.05, 0.1) is 33.7 Å². The fourth-order valence-electron chi connectivity index (χ4n) is 3.03. The molecule has 3 rings (SSSR count). The first-order valence-corrected chi connectivity index (χ1v) is 10.1. The van der Waals surface area contributed by atoms with E-state index in [-0.39, 0.29) is 12.2 Å². The summed E-state index contributed by atoms with van der Waals surface area (Å²) in [5.41, 5.74) is 1.56. The average Bonchev–Trinajstić information content (AvgIpc) is 2.62. The smallest absolute Gasteiger partial charge is 0.336 e. The molecule has 2 aromatic rings. The number of hydrogen-bond acceptors (Lipinski definition) is 6. The zero-order valence-corrected chi connectivity index (χ0v) is 17.2. The first-order chi connectivity index (χ1) is 12.9. The molecule has 0 fully saturated rings. The maximum absolute atomic E-state index is 12.8. The predicted molar refractivity (Wildman–Crippen MR) is 108 cm³/mol. The second kappa shape index (κ2) is 7.96. The minimum Gasteiger partial charge on any atom is -0.463 e. The van der Waals surface area contributed by atoms with Gasteiger partial charge in [-0.2, -0.15) is 0 Å². The molecule has 0 saturated heterocycles. The number of nitrogens with one attached hydrogen (secondary N) is 2. The summed E-state index contributed by atoms with van der Waals surface area (Å²) in [6.07, 6.45) is 1.82. The van der Waals surface area contributed by atoms with Gasteiger partial charge >= 0.3 is 5.97 Å². The van der Waals surface area contributed by atoms with Crippen molar-refractivity contribution in [1.82, 2.24) is 9.97 Å². The fourth-order valence-corrected chi connectivity index (χ4v) is 3.72. The Morgan fingerprint density at radius 1 is 1.33 bits per heavy atom. The molecule has 9 heteroatoms. The molecule has 142 valence electrons. The number of anilines is 1. The summed E-state index contributed by atoms with van der Waals surface area (Å²) in [7, 11) is 0. The summed E-state index contributed by atoms with van der Waals surface area (Å²) in [4.78, 5) is 32.7. The van der Waals surface area contributed by atoms with Crippen LogP contribution in [0, 0.1) is 0 Å². The molecule has 6 nitrogen and oxygen atoms in total. The average molecular weight is 426 g/mol. The van der Waals surface area contributed by atoms with Gasteiger partial charge in [0.1, 0.15) is 5.82 Å². The number of rotatable bonds is 4. The van der Waals surface area contributed by atoms with E-state index in [4.69, 9.17) is 27.9 Å². The van der Waals surface area contributed by atoms with Gasteiger partial charge in [0, 0.05) is 5.70 Å². The number of allylic oxidation sites excluding steroid dienone is 1. The third kappa shape index (κ3) is 3.72. The van der Waals surface area contributed by atoms with E-state index >= 15 is 0 Å². The number of benzene rings is 1. The SMILES string of the molecule is CCOC(=O)C1=C(C)Nc2nc(SC)[nH]c(=O)c2[C@H]1c1ccc(Cl)c(Cl)c1. The number of nitrogens with zero attached hydrogens (tertiary/aromatic N) is 1. The number of hydrogen-bond donors (Lipinski definition) is 2. The lowest BCUT2D eigenvalue weighted by atomic mass is 9.82. The number of H-pyrrole nitrogens is 1. The van der Waals surface area contributed by atoms with Gasteiger partial charge < -0.3 is 15.0 Å². The number of aromatic amines is 1. The summed E-state index contributed by atoms with van der Waals surface area (Å²) in [6, 6.07) is 5.03. The van der Waals surface area contributed by atoms with Gasteiger partial charge in [-0.1, -0.05) is 41.0 Å². The zero-order chi connectivity index (χ0) is 19.7. The Morgan fingerprint density at radius 2 is 2.07 bits per heavy atom. The second-order valence-corrected chi connectivity index (χ2v) is 7.44. The number of ether oxygens (including phenoxy) is 1. The summed E-state index contributed by atoms with van der Waals surface area (Å²) in [5, 5.41) is 4.26. The molecule has 1 aromatic carbocycles. The van der Waals surface area contributed by atoms with Gasteiger partial charge in [0.2, 0.25) is 0 Å². The van der Waals surface area contributed by atoms with Crippen molar-refractivity contribution in [3.05, 3.63) is 61.0 Å². The van der Waals surface area contributed by atoms with Crippen LogP contribution in [0.2, 0.25) is 10.0 Å². The van der Waals surface area contributed by atoms with Crippen molar-refractivity contribution >= 4 is 46.8 Å². The molecule has 2 N–H and O–H groups in total. The van der Waals surface area contributed by atoms with Gasteiger partial charge in [-0.25, -0.2) is 9.78 Å². The van der Waals surface area contributed by atoms with Crippen LogP contribution in [-0.4, -0.2) is 28.8 Å². The van der Waals surface area contributed by atoms with Crippen molar-refractivity contribution in [2.45, 2.75) is 24.9 Å². The number of aromatic nitrogens is 2. The van der Waals surface area contributed by atoms with Crippen LogP contribution in [0.1, 0.15) is 30.9 Å². The second-order valence-electron chi connectivity index (χ2n) is 5.83. The zero-order valence-electron chi connectivity index (χ0n) is 14.9. The molecular formula is C18H17Cl2N3O3S. The van der Waals surface area contributed by atoms with E-state index in [0.717, 1.165) is 0 Å². The van der Waals surface area contributed by atoms with E-state index in [1.54, 1.807) is 32.0 Å². The largest absolute Gasteiger partial charge is 0.463 e. The van der Waals surface area contributed by atoms with Crippen LogP contribution in [0.5, 0.6) is 0 Å². The number of esters is 1. The molecule has 0 aliphatic carbocycles. The molecule has 1 atom stereocenters. The van der Waals surface area contributed by atoms with Crippen LogP contribution in [0.15, 0.2) is 39.4 Å². The van der Waals surface area contributed by atoms with E-state index < -0.39 is 11.9 Å². The lowest BCUT2D eigenvalue weighted by Gasteiger charge is -2.29. The first-order valence-electron chi connectivity index (χ1n) is 8.15. The molecule has 1 aliphatic rings. The van der Waals surface area contributed by atoms with Crippen molar-refractivity contribution < 1.29 is 9.53 Å². The third-order valence-electron chi connectivity index (χ3n) is 4.19. The lowest BCUT2D eigenvalue weighted by molar-refractivity contribution is -0.138. The van der Waals surface area contributed by atoms with Crippen molar-refractivity contribution in [2.24, 2.45) is 0 Å². The highest BCUT2D eigenvalue weighted by molar-refractivity contribution is 7.98. The molecule has 0 radical (unpaired) electrons. The van der Waals surface area contributed by atoms with Crippen molar-refractivity contribution in [3.8, 4) is 0 Å². The Kier molecular flexibility index (Phi) is 5.83. The van der Waals surface area contributed by atoms with E-state index in [2.05, 4.69) is 15.3 Å². The van der Waals surface area contributed by atoms with Gasteiger partial charge in [-0.15, -0.1) is 0 Å². The van der Waals surface area contributed by atoms with E-state index in [0.29, 0.717) is 43.4 Å². The van der Waals surface area contributed by atoms with Crippen LogP contribution in [0.3, 0.4) is 0 Å². The normalized spacial score (nSPS) is 16.0. The van der Waals surface area contributed by atoms with Crippen molar-refractivity contribution in [1.29, 1.82) is 0 Å². The standard InChI is InChI=1S/C18H17Cl2N3O3S/c1-4-26-17(25)12-8(2)21-15-14(16(24)23-18(22-15)27-3)13(12)9-5-6-10(19)11(20)7-9/h5-7,13H,4H2,1-3H3,(H2,21,22,23,24)/t13-/m0/s1. The summed E-state index contributed by atoms with van der Waals surface area (Å²) in [6.45, 7) is 3.70. The third-order valence-corrected chi connectivity index (χ3v) is 5.51. The van der Waals surface area contributed by atoms with Crippen LogP contribution in [-0.2, 0) is 9.53 Å². The fraction of sp³-hybridized carbons (Fsp3) is 0.278. The number of carbonyl (C=O) groups excluding carboxylic acids is 1. The number of thioether (sulfide) groups is 1. The van der Waals surface area contributed by atoms with Gasteiger partial charge in [0.15, 0.2) is 5.16 Å². The number of halogens is 2. The van der Waals surface area contributed by atoms with Crippen LogP contribution in [0.25, 0.3) is 0 Å². The molecule has 0 amide bonds. The van der Waals surface area contributed by atoms with Crippen LogP contribution < -0.4 is 10.9 Å². The Labute approximate surface area is 170 Å². The number of fused-ring (bicyclic) bond motifs is 1.